The third kappa shape index (κ3) is 5.18. The monoisotopic (exact) mass is 564 g/mol. The summed E-state index contributed by atoms with van der Waals surface area (Å²) in [4.78, 5) is 29.0. The molecule has 3 rings (SSSR count). The van der Waals surface area contributed by atoms with E-state index in [4.69, 9.17) is 20.2 Å². The molecule has 32 heavy (non-hydrogen) atoms. The number of aromatic nitrogens is 2. The van der Waals surface area contributed by atoms with Crippen molar-refractivity contribution >= 4 is 54.9 Å². The van der Waals surface area contributed by atoms with Crippen molar-refractivity contribution in [2.45, 2.75) is 26.2 Å². The molecule has 0 radical (unpaired) electrons. The Kier molecular flexibility index (Phi) is 7.68. The lowest BCUT2D eigenvalue weighted by Gasteiger charge is -2.14. The third-order valence-corrected chi connectivity index (χ3v) is 5.90. The van der Waals surface area contributed by atoms with Crippen LogP contribution in [0, 0.1) is 0 Å². The lowest BCUT2D eigenvalue weighted by Crippen LogP contribution is -2.23. The van der Waals surface area contributed by atoms with E-state index in [-0.39, 0.29) is 18.1 Å². The predicted molar refractivity (Wildman–Crippen MR) is 131 cm³/mol. The Labute approximate surface area is 201 Å². The molecule has 1 amide bonds. The van der Waals surface area contributed by atoms with Crippen LogP contribution in [0.2, 0.25) is 0 Å². The number of hydrogen-bond donors (Lipinski definition) is 1. The van der Waals surface area contributed by atoms with Gasteiger partial charge in [-0.25, -0.2) is 4.98 Å². The Bertz CT molecular complexity index is 1260. The number of benzene rings is 2. The van der Waals surface area contributed by atoms with Crippen LogP contribution in [0.3, 0.4) is 0 Å². The first kappa shape index (κ1) is 23.9. The molecule has 1 atom stereocenters. The van der Waals surface area contributed by atoms with Crippen molar-refractivity contribution in [3.8, 4) is 11.5 Å². The lowest BCUT2D eigenvalue weighted by molar-refractivity contribution is -0.119. The summed E-state index contributed by atoms with van der Waals surface area (Å²) in [6.45, 7) is 3.75. The third-order valence-electron chi connectivity index (χ3n) is 4.82. The number of ether oxygens (including phenoxy) is 2. The van der Waals surface area contributed by atoms with Crippen LogP contribution >= 0.6 is 31.9 Å². The highest BCUT2D eigenvalue weighted by Crippen LogP contribution is 2.36. The Morgan fingerprint density at radius 2 is 2.06 bits per heavy atom. The first-order chi connectivity index (χ1) is 15.2. The number of nitrogens with zero attached hydrogens (tertiary/aromatic N) is 3. The van der Waals surface area contributed by atoms with Gasteiger partial charge in [-0.2, -0.15) is 9.78 Å². The Morgan fingerprint density at radius 1 is 1.31 bits per heavy atom. The van der Waals surface area contributed by atoms with E-state index in [1.165, 1.54) is 11.8 Å². The zero-order valence-corrected chi connectivity index (χ0v) is 20.9. The number of amides is 1. The number of carbonyl (C=O) groups is 1. The fourth-order valence-corrected chi connectivity index (χ4v) is 3.94. The minimum atomic E-state index is -0.600. The topological polar surface area (TPSA) is 109 Å². The van der Waals surface area contributed by atoms with Gasteiger partial charge in [-0.1, -0.05) is 29.8 Å². The fraction of sp³-hybridized carbons (Fsp3) is 0.273. The van der Waals surface area contributed by atoms with E-state index >= 15 is 0 Å². The average molecular weight is 566 g/mol. The molecule has 3 aromatic rings. The van der Waals surface area contributed by atoms with Gasteiger partial charge in [0.05, 0.1) is 28.7 Å². The highest BCUT2D eigenvalue weighted by atomic mass is 79.9. The van der Waals surface area contributed by atoms with E-state index in [0.29, 0.717) is 38.3 Å². The summed E-state index contributed by atoms with van der Waals surface area (Å²) in [5.41, 5.74) is 6.17. The van der Waals surface area contributed by atoms with E-state index in [0.717, 1.165) is 10.9 Å². The van der Waals surface area contributed by atoms with Gasteiger partial charge in [-0.15, -0.1) is 0 Å². The molecule has 0 aliphatic rings. The maximum atomic E-state index is 13.2. The lowest BCUT2D eigenvalue weighted by atomic mass is 10.1. The summed E-state index contributed by atoms with van der Waals surface area (Å²) in [6.07, 6.45) is 2.35. The molecule has 1 heterocycles. The second-order valence-corrected chi connectivity index (χ2v) is 8.86. The molecule has 0 saturated carbocycles. The van der Waals surface area contributed by atoms with Gasteiger partial charge in [0.1, 0.15) is 5.82 Å². The van der Waals surface area contributed by atoms with Gasteiger partial charge in [0.15, 0.2) is 18.1 Å². The van der Waals surface area contributed by atoms with Gasteiger partial charge < -0.3 is 15.2 Å². The number of hydrogen-bond acceptors (Lipinski definition) is 6. The molecule has 0 aliphatic carbocycles. The molecule has 10 heteroatoms. The normalized spacial score (nSPS) is 12.3. The molecule has 1 aromatic heterocycles. The second-order valence-electron chi connectivity index (χ2n) is 7.09. The van der Waals surface area contributed by atoms with Crippen molar-refractivity contribution in [3.05, 3.63) is 61.0 Å². The predicted octanol–water partition coefficient (Wildman–Crippen LogP) is 4.19. The SMILES string of the molecule is CC[C@H](C)c1nc2ccc(Br)cc2c(=O)n1N=Cc1cc(Br)c(OCC(N)=O)c(OC)c1. The summed E-state index contributed by atoms with van der Waals surface area (Å²) in [5.74, 6) is 0.738. The summed E-state index contributed by atoms with van der Waals surface area (Å²) < 4.78 is 13.5. The van der Waals surface area contributed by atoms with Crippen molar-refractivity contribution in [1.82, 2.24) is 9.66 Å². The van der Waals surface area contributed by atoms with Crippen LogP contribution in [0.25, 0.3) is 10.9 Å². The van der Waals surface area contributed by atoms with Crippen LogP contribution in [0.4, 0.5) is 0 Å². The molecule has 0 bridgehead atoms. The van der Waals surface area contributed by atoms with Crippen molar-refractivity contribution in [2.75, 3.05) is 13.7 Å². The quantitative estimate of drug-likeness (QED) is 0.412. The van der Waals surface area contributed by atoms with Crippen LogP contribution in [-0.4, -0.2) is 35.5 Å². The van der Waals surface area contributed by atoms with Gasteiger partial charge in [0.25, 0.3) is 11.5 Å². The number of halogens is 2. The molecular weight excluding hydrogens is 544 g/mol. The Hall–Kier alpha value is -2.72. The van der Waals surface area contributed by atoms with E-state index in [2.05, 4.69) is 37.0 Å². The van der Waals surface area contributed by atoms with E-state index in [1.807, 2.05) is 26.0 Å². The molecular formula is C22H22Br2N4O4. The van der Waals surface area contributed by atoms with Crippen molar-refractivity contribution in [1.29, 1.82) is 0 Å². The molecule has 0 aliphatic heterocycles. The molecule has 0 saturated heterocycles. The minimum absolute atomic E-state index is 0.0266. The van der Waals surface area contributed by atoms with Crippen LogP contribution in [0.5, 0.6) is 11.5 Å². The molecule has 168 valence electrons. The van der Waals surface area contributed by atoms with Crippen LogP contribution in [-0.2, 0) is 4.79 Å². The van der Waals surface area contributed by atoms with Gasteiger partial charge in [-0.05, 0) is 58.2 Å². The molecule has 0 unspecified atom stereocenters. The van der Waals surface area contributed by atoms with Crippen LogP contribution in [0.1, 0.15) is 37.6 Å². The van der Waals surface area contributed by atoms with E-state index in [1.54, 1.807) is 24.4 Å². The van der Waals surface area contributed by atoms with Crippen molar-refractivity contribution in [2.24, 2.45) is 10.8 Å². The summed E-state index contributed by atoms with van der Waals surface area (Å²) >= 11 is 6.82. The molecule has 0 spiro atoms. The largest absolute Gasteiger partial charge is 0.493 e. The van der Waals surface area contributed by atoms with Crippen LogP contribution < -0.4 is 20.8 Å². The molecule has 2 N–H and O–H groups in total. The van der Waals surface area contributed by atoms with Gasteiger partial charge in [0, 0.05) is 10.4 Å². The highest BCUT2D eigenvalue weighted by molar-refractivity contribution is 9.10. The van der Waals surface area contributed by atoms with E-state index < -0.39 is 5.91 Å². The standard InChI is InChI=1S/C22H22Br2N4O4/c1-4-12(2)21-27-17-6-5-14(23)9-15(17)22(30)28(21)26-10-13-7-16(24)20(18(8-13)31-3)32-11-19(25)29/h5-10,12H,4,11H2,1-3H3,(H2,25,29)/t12-/m0/s1. The smallest absolute Gasteiger partial charge is 0.282 e. The number of nitrogens with two attached hydrogens (primary N) is 1. The maximum absolute atomic E-state index is 13.2. The first-order valence-electron chi connectivity index (χ1n) is 9.80. The van der Waals surface area contributed by atoms with Gasteiger partial charge >= 0.3 is 0 Å². The number of rotatable bonds is 8. The Balaban J connectivity index is 2.09. The maximum Gasteiger partial charge on any atom is 0.282 e. The first-order valence-corrected chi connectivity index (χ1v) is 11.4. The average Bonchev–Trinajstić information content (AvgIpc) is 2.76. The second kappa shape index (κ2) is 10.3. The summed E-state index contributed by atoms with van der Waals surface area (Å²) in [6, 6.07) is 8.83. The molecule has 2 aromatic carbocycles. The summed E-state index contributed by atoms with van der Waals surface area (Å²) in [7, 11) is 1.48. The van der Waals surface area contributed by atoms with Crippen molar-refractivity contribution < 1.29 is 14.3 Å². The zero-order valence-electron chi connectivity index (χ0n) is 17.8. The zero-order chi connectivity index (χ0) is 23.4. The number of primary amides is 1. The van der Waals surface area contributed by atoms with E-state index in [9.17, 15) is 9.59 Å². The number of methoxy groups -OCH3 is 1. The molecule has 0 fully saturated rings. The molecule has 8 nitrogen and oxygen atoms in total. The Morgan fingerprint density at radius 3 is 2.72 bits per heavy atom. The fourth-order valence-electron chi connectivity index (χ4n) is 3.00. The summed E-state index contributed by atoms with van der Waals surface area (Å²) in [5, 5.41) is 4.93. The minimum Gasteiger partial charge on any atom is -0.493 e. The number of fused-ring (bicyclic) bond motifs is 1. The highest BCUT2D eigenvalue weighted by Gasteiger charge is 2.16. The van der Waals surface area contributed by atoms with Gasteiger partial charge in [0.2, 0.25) is 0 Å². The van der Waals surface area contributed by atoms with Crippen LogP contribution in [0.15, 0.2) is 49.2 Å². The number of carbonyl (C=O) groups excluding carboxylic acids is 1. The van der Waals surface area contributed by atoms with Gasteiger partial charge in [-0.3, -0.25) is 9.59 Å². The van der Waals surface area contributed by atoms with Crippen molar-refractivity contribution in [3.63, 3.8) is 0 Å².